The fraction of sp³-hybridized carbons (Fsp3) is 0.154. The third kappa shape index (κ3) is 3.60. The monoisotopic (exact) mass is 352 g/mol. The number of benzene rings is 1. The van der Waals surface area contributed by atoms with E-state index in [1.165, 1.54) is 20.3 Å². The molecule has 0 aliphatic heterocycles. The zero-order valence-corrected chi connectivity index (χ0v) is 13.0. The molecule has 1 aromatic heterocycles. The van der Waals surface area contributed by atoms with Crippen molar-refractivity contribution >= 4 is 33.5 Å². The van der Waals surface area contributed by atoms with Gasteiger partial charge < -0.3 is 15.2 Å². The van der Waals surface area contributed by atoms with Crippen molar-refractivity contribution in [3.8, 4) is 11.8 Å². The van der Waals surface area contributed by atoms with Crippen LogP contribution in [-0.4, -0.2) is 30.1 Å². The van der Waals surface area contributed by atoms with Crippen LogP contribution in [0.1, 0.15) is 10.4 Å². The van der Waals surface area contributed by atoms with Crippen LogP contribution in [0.2, 0.25) is 0 Å². The smallest absolute Gasteiger partial charge is 0.258 e. The number of hydrogen-bond donors (Lipinski definition) is 2. The lowest BCUT2D eigenvalue weighted by atomic mass is 10.2. The molecule has 8 heteroatoms. The van der Waals surface area contributed by atoms with E-state index in [0.29, 0.717) is 11.3 Å². The van der Waals surface area contributed by atoms with E-state index in [1.807, 2.05) is 0 Å². The van der Waals surface area contributed by atoms with Crippen molar-refractivity contribution in [1.29, 1.82) is 0 Å². The molecule has 0 saturated carbocycles. The molecule has 0 fully saturated rings. The lowest BCUT2D eigenvalue weighted by molar-refractivity contribution is 0.102. The second-order valence-corrected chi connectivity index (χ2v) is 4.82. The largest absolute Gasteiger partial charge is 0.481 e. The summed E-state index contributed by atoms with van der Waals surface area (Å²) in [5, 5.41) is 2.56. The summed E-state index contributed by atoms with van der Waals surface area (Å²) >= 11 is 3.27. The first-order valence-corrected chi connectivity index (χ1v) is 6.66. The fourth-order valence-electron chi connectivity index (χ4n) is 1.53. The van der Waals surface area contributed by atoms with E-state index in [4.69, 9.17) is 15.2 Å². The highest BCUT2D eigenvalue weighted by molar-refractivity contribution is 9.10. The summed E-state index contributed by atoms with van der Waals surface area (Å²) in [5.41, 5.74) is 6.60. The minimum Gasteiger partial charge on any atom is -0.481 e. The van der Waals surface area contributed by atoms with E-state index < -0.39 is 0 Å². The average molecular weight is 353 g/mol. The summed E-state index contributed by atoms with van der Waals surface area (Å²) < 4.78 is 10.7. The Morgan fingerprint density at radius 2 is 1.81 bits per heavy atom. The van der Waals surface area contributed by atoms with E-state index in [2.05, 4.69) is 31.2 Å². The molecule has 1 heterocycles. The lowest BCUT2D eigenvalue weighted by Crippen LogP contribution is -2.15. The maximum atomic E-state index is 12.1. The van der Waals surface area contributed by atoms with E-state index >= 15 is 0 Å². The van der Waals surface area contributed by atoms with Gasteiger partial charge in [0.2, 0.25) is 17.7 Å². The Balaban J connectivity index is 2.24. The number of halogens is 1. The Kier molecular flexibility index (Phi) is 4.59. The van der Waals surface area contributed by atoms with Crippen LogP contribution < -0.4 is 20.5 Å². The van der Waals surface area contributed by atoms with Gasteiger partial charge in [-0.2, -0.15) is 9.97 Å². The van der Waals surface area contributed by atoms with E-state index in [9.17, 15) is 4.79 Å². The molecule has 0 aliphatic rings. The number of hydrogen-bond acceptors (Lipinski definition) is 6. The predicted octanol–water partition coefficient (Wildman–Crippen LogP) is 2.09. The summed E-state index contributed by atoms with van der Waals surface area (Å²) in [6.45, 7) is 0. The number of nitrogens with zero attached hydrogens (tertiary/aromatic N) is 2. The van der Waals surface area contributed by atoms with Gasteiger partial charge in [-0.05, 0) is 34.1 Å². The molecule has 1 aromatic carbocycles. The number of methoxy groups -OCH3 is 2. The number of nitrogens with two attached hydrogens (primary N) is 1. The van der Waals surface area contributed by atoms with Crippen LogP contribution in [0, 0.1) is 0 Å². The quantitative estimate of drug-likeness (QED) is 0.817. The molecule has 110 valence electrons. The average Bonchev–Trinajstić information content (AvgIpc) is 2.49. The van der Waals surface area contributed by atoms with Gasteiger partial charge in [0, 0.05) is 15.7 Å². The number of rotatable bonds is 4. The SMILES string of the molecule is COc1cc(OC)nc(NC(=O)c2ccc(Br)c(N)c2)n1. The van der Waals surface area contributed by atoms with Gasteiger partial charge in [0.15, 0.2) is 0 Å². The topological polar surface area (TPSA) is 99.4 Å². The van der Waals surface area contributed by atoms with E-state index in [0.717, 1.165) is 4.47 Å². The second-order valence-electron chi connectivity index (χ2n) is 3.97. The maximum Gasteiger partial charge on any atom is 0.258 e. The number of carbonyl (C=O) groups excluding carboxylic acids is 1. The van der Waals surface area contributed by atoms with Crippen LogP contribution in [0.4, 0.5) is 11.6 Å². The van der Waals surface area contributed by atoms with Crippen LogP contribution in [0.25, 0.3) is 0 Å². The van der Waals surface area contributed by atoms with Gasteiger partial charge in [-0.3, -0.25) is 10.1 Å². The van der Waals surface area contributed by atoms with Crippen LogP contribution in [0.5, 0.6) is 11.8 Å². The number of ether oxygens (including phenoxy) is 2. The normalized spacial score (nSPS) is 10.0. The number of nitrogens with one attached hydrogen (secondary N) is 1. The highest BCUT2D eigenvalue weighted by Gasteiger charge is 2.12. The van der Waals surface area contributed by atoms with Gasteiger partial charge in [0.05, 0.1) is 20.3 Å². The van der Waals surface area contributed by atoms with Crippen molar-refractivity contribution in [3.63, 3.8) is 0 Å². The Hall–Kier alpha value is -2.35. The first-order valence-electron chi connectivity index (χ1n) is 5.87. The van der Waals surface area contributed by atoms with Crippen molar-refractivity contribution in [2.45, 2.75) is 0 Å². The van der Waals surface area contributed by atoms with Crippen LogP contribution in [0.3, 0.4) is 0 Å². The van der Waals surface area contributed by atoms with Gasteiger partial charge in [-0.1, -0.05) is 0 Å². The van der Waals surface area contributed by atoms with Crippen molar-refractivity contribution in [1.82, 2.24) is 9.97 Å². The van der Waals surface area contributed by atoms with Crippen LogP contribution in [0.15, 0.2) is 28.7 Å². The number of anilines is 2. The Labute approximate surface area is 129 Å². The molecule has 2 aromatic rings. The number of amides is 1. The number of nitrogen functional groups attached to an aromatic ring is 1. The molecule has 2 rings (SSSR count). The summed E-state index contributed by atoms with van der Waals surface area (Å²) in [6.07, 6.45) is 0. The molecule has 21 heavy (non-hydrogen) atoms. The minimum absolute atomic E-state index is 0.0812. The summed E-state index contributed by atoms with van der Waals surface area (Å²) in [4.78, 5) is 20.2. The fourth-order valence-corrected chi connectivity index (χ4v) is 1.77. The number of carbonyl (C=O) groups is 1. The molecule has 0 bridgehead atoms. The Morgan fingerprint density at radius 1 is 1.19 bits per heavy atom. The Morgan fingerprint density at radius 3 is 2.33 bits per heavy atom. The molecular formula is C13H13BrN4O3. The second kappa shape index (κ2) is 6.40. The van der Waals surface area contributed by atoms with Crippen molar-refractivity contribution in [3.05, 3.63) is 34.3 Å². The molecule has 3 N–H and O–H groups in total. The maximum absolute atomic E-state index is 12.1. The molecule has 0 spiro atoms. The predicted molar refractivity (Wildman–Crippen MR) is 81.6 cm³/mol. The highest BCUT2D eigenvalue weighted by atomic mass is 79.9. The number of aromatic nitrogens is 2. The molecule has 1 amide bonds. The zero-order valence-electron chi connectivity index (χ0n) is 11.4. The van der Waals surface area contributed by atoms with Crippen molar-refractivity contribution in [2.75, 3.05) is 25.3 Å². The summed E-state index contributed by atoms with van der Waals surface area (Å²) in [6, 6.07) is 6.38. The van der Waals surface area contributed by atoms with Gasteiger partial charge in [-0.25, -0.2) is 0 Å². The first kappa shape index (κ1) is 15.0. The Bertz CT molecular complexity index is 656. The lowest BCUT2D eigenvalue weighted by Gasteiger charge is -2.08. The molecule has 7 nitrogen and oxygen atoms in total. The van der Waals surface area contributed by atoms with E-state index in [-0.39, 0.29) is 23.6 Å². The molecule has 0 atom stereocenters. The molecule has 0 radical (unpaired) electrons. The van der Waals surface area contributed by atoms with Crippen LogP contribution in [-0.2, 0) is 0 Å². The summed E-state index contributed by atoms with van der Waals surface area (Å²) in [7, 11) is 2.92. The zero-order chi connectivity index (χ0) is 15.4. The third-order valence-corrected chi connectivity index (χ3v) is 3.30. The summed E-state index contributed by atoms with van der Waals surface area (Å²) in [5.74, 6) is 0.266. The molecule has 0 saturated heterocycles. The molecular weight excluding hydrogens is 340 g/mol. The standard InChI is InChI=1S/C13H13BrN4O3/c1-20-10-6-11(21-2)17-13(16-10)18-12(19)7-3-4-8(14)9(15)5-7/h3-6H,15H2,1-2H3,(H,16,17,18,19). The molecule has 0 unspecified atom stereocenters. The van der Waals surface area contributed by atoms with Gasteiger partial charge in [0.25, 0.3) is 5.91 Å². The van der Waals surface area contributed by atoms with Crippen LogP contribution >= 0.6 is 15.9 Å². The van der Waals surface area contributed by atoms with E-state index in [1.54, 1.807) is 18.2 Å². The van der Waals surface area contributed by atoms with Crippen molar-refractivity contribution < 1.29 is 14.3 Å². The van der Waals surface area contributed by atoms with Crippen molar-refractivity contribution in [2.24, 2.45) is 0 Å². The third-order valence-electron chi connectivity index (χ3n) is 2.58. The minimum atomic E-state index is -0.385. The first-order chi connectivity index (χ1) is 10.0. The molecule has 0 aliphatic carbocycles. The van der Waals surface area contributed by atoms with Gasteiger partial charge >= 0.3 is 0 Å². The highest BCUT2D eigenvalue weighted by Crippen LogP contribution is 2.21. The van der Waals surface area contributed by atoms with Gasteiger partial charge in [0.1, 0.15) is 0 Å². The van der Waals surface area contributed by atoms with Gasteiger partial charge in [-0.15, -0.1) is 0 Å².